The summed E-state index contributed by atoms with van der Waals surface area (Å²) >= 11 is 0. The number of aryl methyl sites for hydroxylation is 1. The van der Waals surface area contributed by atoms with Crippen LogP contribution in [0.3, 0.4) is 0 Å². The lowest BCUT2D eigenvalue weighted by Gasteiger charge is -2.30. The summed E-state index contributed by atoms with van der Waals surface area (Å²) in [6.45, 7) is 9.85. The van der Waals surface area contributed by atoms with Crippen molar-refractivity contribution in [3.05, 3.63) is 59.2 Å². The van der Waals surface area contributed by atoms with E-state index in [0.29, 0.717) is 17.9 Å². The Balaban J connectivity index is 2.23. The summed E-state index contributed by atoms with van der Waals surface area (Å²) < 4.78 is 31.9. The highest BCUT2D eigenvalue weighted by atomic mass is 32.2. The summed E-state index contributed by atoms with van der Waals surface area (Å²) in [5.74, 6) is 0.224. The van der Waals surface area contributed by atoms with E-state index in [1.54, 1.807) is 25.0 Å². The first kappa shape index (κ1) is 30.2. The molecule has 0 spiro atoms. The van der Waals surface area contributed by atoms with Crippen LogP contribution in [0.15, 0.2) is 42.5 Å². The molecule has 2 aromatic carbocycles. The lowest BCUT2D eigenvalue weighted by atomic mass is 10.1. The summed E-state index contributed by atoms with van der Waals surface area (Å²) in [5, 5.41) is 2.96. The van der Waals surface area contributed by atoms with Gasteiger partial charge in [0.2, 0.25) is 21.8 Å². The van der Waals surface area contributed by atoms with E-state index in [1.807, 2.05) is 64.1 Å². The van der Waals surface area contributed by atoms with Crippen molar-refractivity contribution in [2.75, 3.05) is 24.2 Å². The molecule has 0 radical (unpaired) electrons. The molecule has 2 atom stereocenters. The highest BCUT2D eigenvalue weighted by molar-refractivity contribution is 7.92. The average Bonchev–Trinajstić information content (AvgIpc) is 2.85. The van der Waals surface area contributed by atoms with Crippen molar-refractivity contribution in [3.8, 4) is 5.75 Å². The van der Waals surface area contributed by atoms with Gasteiger partial charge in [0.05, 0.1) is 19.1 Å². The SMILES string of the molecule is CC[C@@H](C)NC(=O)[C@@H](C)N(Cc1cccc(OC)c1)C(=O)CCCN(c1cccc(C)c1C)S(C)(=O)=O. The molecule has 1 N–H and O–H groups in total. The summed E-state index contributed by atoms with van der Waals surface area (Å²) in [6.07, 6.45) is 2.37. The van der Waals surface area contributed by atoms with E-state index >= 15 is 0 Å². The van der Waals surface area contributed by atoms with E-state index in [0.717, 1.165) is 23.1 Å². The molecule has 2 aromatic rings. The topological polar surface area (TPSA) is 96.0 Å². The quantitative estimate of drug-likeness (QED) is 0.418. The van der Waals surface area contributed by atoms with Gasteiger partial charge < -0.3 is 15.0 Å². The van der Waals surface area contributed by atoms with Crippen molar-refractivity contribution in [1.82, 2.24) is 10.2 Å². The number of hydrogen-bond donors (Lipinski definition) is 1. The molecule has 0 unspecified atom stereocenters. The smallest absolute Gasteiger partial charge is 0.242 e. The van der Waals surface area contributed by atoms with Gasteiger partial charge in [-0.15, -0.1) is 0 Å². The van der Waals surface area contributed by atoms with Gasteiger partial charge in [-0.1, -0.05) is 31.2 Å². The molecule has 2 rings (SSSR count). The molecule has 0 aliphatic carbocycles. The number of amides is 2. The third kappa shape index (κ3) is 8.49. The highest BCUT2D eigenvalue weighted by Crippen LogP contribution is 2.25. The van der Waals surface area contributed by atoms with Gasteiger partial charge in [-0.2, -0.15) is 0 Å². The van der Waals surface area contributed by atoms with Crippen molar-refractivity contribution in [1.29, 1.82) is 0 Å². The minimum Gasteiger partial charge on any atom is -0.497 e. The molecule has 0 aliphatic heterocycles. The predicted octanol–water partition coefficient (Wildman–Crippen LogP) is 4.19. The number of ether oxygens (including phenoxy) is 1. The summed E-state index contributed by atoms with van der Waals surface area (Å²) in [7, 11) is -1.97. The first-order valence-corrected chi connectivity index (χ1v) is 14.5. The third-order valence-corrected chi connectivity index (χ3v) is 7.83. The number of rotatable bonds is 13. The molecule has 0 aliphatic rings. The fraction of sp³-hybridized carbons (Fsp3) is 0.500. The Labute approximate surface area is 222 Å². The number of carbonyl (C=O) groups excluding carboxylic acids is 2. The maximum atomic E-state index is 13.4. The fourth-order valence-corrected chi connectivity index (χ4v) is 5.02. The second kappa shape index (κ2) is 13.5. The van der Waals surface area contributed by atoms with Crippen LogP contribution in [0.1, 0.15) is 56.7 Å². The number of methoxy groups -OCH3 is 1. The van der Waals surface area contributed by atoms with E-state index in [4.69, 9.17) is 4.74 Å². The third-order valence-electron chi connectivity index (χ3n) is 6.65. The Morgan fingerprint density at radius 2 is 1.76 bits per heavy atom. The highest BCUT2D eigenvalue weighted by Gasteiger charge is 2.27. The number of sulfonamides is 1. The summed E-state index contributed by atoms with van der Waals surface area (Å²) in [4.78, 5) is 27.9. The lowest BCUT2D eigenvalue weighted by molar-refractivity contribution is -0.140. The van der Waals surface area contributed by atoms with Crippen LogP contribution in [0.2, 0.25) is 0 Å². The van der Waals surface area contributed by atoms with Crippen LogP contribution in [0.25, 0.3) is 0 Å². The van der Waals surface area contributed by atoms with E-state index in [9.17, 15) is 18.0 Å². The van der Waals surface area contributed by atoms with Crippen LogP contribution in [0.4, 0.5) is 5.69 Å². The van der Waals surface area contributed by atoms with Gasteiger partial charge in [-0.25, -0.2) is 8.42 Å². The summed E-state index contributed by atoms with van der Waals surface area (Å²) in [5.41, 5.74) is 3.33. The Bertz CT molecular complexity index is 1180. The van der Waals surface area contributed by atoms with Gasteiger partial charge in [-0.3, -0.25) is 13.9 Å². The van der Waals surface area contributed by atoms with Crippen LogP contribution < -0.4 is 14.4 Å². The molecule has 8 nitrogen and oxygen atoms in total. The first-order chi connectivity index (χ1) is 17.4. The minimum atomic E-state index is -3.55. The van der Waals surface area contributed by atoms with Crippen molar-refractivity contribution in [3.63, 3.8) is 0 Å². The predicted molar refractivity (Wildman–Crippen MR) is 148 cm³/mol. The zero-order chi connectivity index (χ0) is 27.8. The second-order valence-corrected chi connectivity index (χ2v) is 11.4. The molecule has 9 heteroatoms. The fourth-order valence-electron chi connectivity index (χ4n) is 4.00. The van der Waals surface area contributed by atoms with Crippen LogP contribution in [-0.2, 0) is 26.2 Å². The van der Waals surface area contributed by atoms with Gasteiger partial charge in [0.1, 0.15) is 11.8 Å². The average molecular weight is 532 g/mol. The zero-order valence-corrected chi connectivity index (χ0v) is 23.9. The normalized spacial score (nSPS) is 12.9. The molecule has 37 heavy (non-hydrogen) atoms. The minimum absolute atomic E-state index is 0.00962. The molecular weight excluding hydrogens is 490 g/mol. The Kier molecular flexibility index (Phi) is 11.0. The first-order valence-electron chi connectivity index (χ1n) is 12.7. The molecule has 0 saturated heterocycles. The van der Waals surface area contributed by atoms with E-state index < -0.39 is 16.1 Å². The largest absolute Gasteiger partial charge is 0.497 e. The van der Waals surface area contributed by atoms with Crippen molar-refractivity contribution in [2.45, 2.75) is 72.5 Å². The van der Waals surface area contributed by atoms with E-state index in [-0.39, 0.29) is 37.4 Å². The van der Waals surface area contributed by atoms with Crippen molar-refractivity contribution < 1.29 is 22.7 Å². The lowest BCUT2D eigenvalue weighted by Crippen LogP contribution is -2.49. The van der Waals surface area contributed by atoms with Gasteiger partial charge in [0.15, 0.2) is 0 Å². The standard InChI is InChI=1S/C28H41N3O5S/c1-8-21(3)29-28(33)23(5)30(19-24-13-10-14-25(18-24)36-6)27(32)16-11-17-31(37(7,34)35)26-15-9-12-20(2)22(26)4/h9-10,12-15,18,21,23H,8,11,16-17,19H2,1-7H3,(H,29,33)/t21-,23-/m1/s1. The Morgan fingerprint density at radius 1 is 1.08 bits per heavy atom. The number of carbonyl (C=O) groups is 2. The molecule has 2 amide bonds. The number of anilines is 1. The zero-order valence-electron chi connectivity index (χ0n) is 23.1. The van der Waals surface area contributed by atoms with Gasteiger partial charge in [0, 0.05) is 25.6 Å². The van der Waals surface area contributed by atoms with Gasteiger partial charge >= 0.3 is 0 Å². The number of benzene rings is 2. The van der Waals surface area contributed by atoms with E-state index in [2.05, 4.69) is 5.32 Å². The number of nitrogens with one attached hydrogen (secondary N) is 1. The van der Waals surface area contributed by atoms with Crippen LogP contribution >= 0.6 is 0 Å². The van der Waals surface area contributed by atoms with Crippen LogP contribution in [0.5, 0.6) is 5.75 Å². The maximum absolute atomic E-state index is 13.4. The van der Waals surface area contributed by atoms with Crippen LogP contribution in [-0.4, -0.2) is 57.1 Å². The Hall–Kier alpha value is -3.07. The molecule has 0 fully saturated rings. The monoisotopic (exact) mass is 531 g/mol. The van der Waals surface area contributed by atoms with Gasteiger partial charge in [-0.05, 0) is 75.4 Å². The second-order valence-electron chi connectivity index (χ2n) is 9.52. The van der Waals surface area contributed by atoms with E-state index in [1.165, 1.54) is 10.6 Å². The molecule has 0 saturated carbocycles. The van der Waals surface area contributed by atoms with Crippen molar-refractivity contribution >= 4 is 27.5 Å². The molecular formula is C28H41N3O5S. The molecule has 0 heterocycles. The molecule has 204 valence electrons. The molecule has 0 bridgehead atoms. The maximum Gasteiger partial charge on any atom is 0.242 e. The van der Waals surface area contributed by atoms with Crippen molar-refractivity contribution in [2.24, 2.45) is 0 Å². The Morgan fingerprint density at radius 3 is 2.38 bits per heavy atom. The van der Waals surface area contributed by atoms with Gasteiger partial charge in [0.25, 0.3) is 0 Å². The summed E-state index contributed by atoms with van der Waals surface area (Å²) in [6, 6.07) is 12.2. The number of nitrogens with zero attached hydrogens (tertiary/aromatic N) is 2. The molecule has 0 aromatic heterocycles. The number of hydrogen-bond acceptors (Lipinski definition) is 5. The van der Waals surface area contributed by atoms with Crippen LogP contribution in [0, 0.1) is 13.8 Å².